The monoisotopic (exact) mass is 519 g/mol. The summed E-state index contributed by atoms with van der Waals surface area (Å²) >= 11 is 0. The van der Waals surface area contributed by atoms with Gasteiger partial charge in [-0.1, -0.05) is 86.3 Å². The second kappa shape index (κ2) is 10.7. The van der Waals surface area contributed by atoms with Crippen molar-refractivity contribution in [3.63, 3.8) is 0 Å². The zero-order valence-electron chi connectivity index (χ0n) is 21.6. The highest BCUT2D eigenvalue weighted by atomic mass is 19.1. The Morgan fingerprint density at radius 1 is 0.923 bits per heavy atom. The SMILES string of the molecule is O=C1Nc2cccc(-c3ccccc3F)c2/C1=C/c1[nH]cc(C(=O)NCCC2CCCC2)c1-c1ccccc1. The van der Waals surface area contributed by atoms with Crippen molar-refractivity contribution in [3.05, 3.63) is 102 Å². The van der Waals surface area contributed by atoms with Gasteiger partial charge in [-0.15, -0.1) is 0 Å². The number of benzene rings is 3. The van der Waals surface area contributed by atoms with E-state index in [4.69, 9.17) is 0 Å². The van der Waals surface area contributed by atoms with E-state index in [0.717, 1.165) is 17.5 Å². The molecule has 2 aliphatic rings. The van der Waals surface area contributed by atoms with Gasteiger partial charge < -0.3 is 15.6 Å². The zero-order chi connectivity index (χ0) is 26.8. The zero-order valence-corrected chi connectivity index (χ0v) is 21.6. The lowest BCUT2D eigenvalue weighted by atomic mass is 9.93. The molecule has 5 nitrogen and oxygen atoms in total. The molecule has 6 heteroatoms. The number of rotatable bonds is 7. The minimum absolute atomic E-state index is 0.143. The second-order valence-electron chi connectivity index (χ2n) is 10.3. The van der Waals surface area contributed by atoms with Crippen molar-refractivity contribution in [1.29, 1.82) is 0 Å². The third-order valence-electron chi connectivity index (χ3n) is 7.81. The Morgan fingerprint density at radius 2 is 1.67 bits per heavy atom. The van der Waals surface area contributed by atoms with Gasteiger partial charge in [0.25, 0.3) is 11.8 Å². The van der Waals surface area contributed by atoms with Crippen molar-refractivity contribution in [2.45, 2.75) is 32.1 Å². The lowest BCUT2D eigenvalue weighted by Crippen LogP contribution is -2.25. The number of halogens is 1. The Morgan fingerprint density at radius 3 is 2.46 bits per heavy atom. The van der Waals surface area contributed by atoms with Gasteiger partial charge in [0.15, 0.2) is 0 Å². The molecule has 0 radical (unpaired) electrons. The summed E-state index contributed by atoms with van der Waals surface area (Å²) in [7, 11) is 0. The molecule has 2 amide bonds. The summed E-state index contributed by atoms with van der Waals surface area (Å²) in [6.45, 7) is 0.640. The molecule has 0 unspecified atom stereocenters. The van der Waals surface area contributed by atoms with Crippen LogP contribution in [-0.4, -0.2) is 23.3 Å². The molecule has 3 aromatic carbocycles. The van der Waals surface area contributed by atoms with E-state index in [2.05, 4.69) is 15.6 Å². The van der Waals surface area contributed by atoms with Crippen LogP contribution in [0.1, 0.15) is 53.7 Å². The first-order valence-corrected chi connectivity index (χ1v) is 13.6. The summed E-state index contributed by atoms with van der Waals surface area (Å²) in [6.07, 6.45) is 9.50. The van der Waals surface area contributed by atoms with Gasteiger partial charge in [0, 0.05) is 40.8 Å². The number of anilines is 1. The van der Waals surface area contributed by atoms with Gasteiger partial charge >= 0.3 is 0 Å². The van der Waals surface area contributed by atoms with Gasteiger partial charge in [0.2, 0.25) is 0 Å². The summed E-state index contributed by atoms with van der Waals surface area (Å²) in [4.78, 5) is 29.8. The molecule has 1 aliphatic carbocycles. The maximum Gasteiger partial charge on any atom is 0.256 e. The van der Waals surface area contributed by atoms with E-state index < -0.39 is 0 Å². The normalized spacial score (nSPS) is 15.9. The average Bonchev–Trinajstić information content (AvgIpc) is 3.69. The second-order valence-corrected chi connectivity index (χ2v) is 10.3. The van der Waals surface area contributed by atoms with E-state index in [-0.39, 0.29) is 17.6 Å². The van der Waals surface area contributed by atoms with Crippen LogP contribution in [0, 0.1) is 11.7 Å². The fourth-order valence-corrected chi connectivity index (χ4v) is 5.87. The number of amides is 2. The van der Waals surface area contributed by atoms with Crippen LogP contribution in [0.25, 0.3) is 33.9 Å². The molecular formula is C33H30FN3O2. The highest BCUT2D eigenvalue weighted by molar-refractivity contribution is 6.36. The largest absolute Gasteiger partial charge is 0.360 e. The van der Waals surface area contributed by atoms with Crippen LogP contribution in [0.3, 0.4) is 0 Å². The Kier molecular flexibility index (Phi) is 6.84. The van der Waals surface area contributed by atoms with E-state index in [1.54, 1.807) is 30.5 Å². The molecule has 0 spiro atoms. The number of carbonyl (C=O) groups is 2. The first-order valence-electron chi connectivity index (χ1n) is 13.6. The van der Waals surface area contributed by atoms with Crippen LogP contribution in [0.5, 0.6) is 0 Å². The number of carbonyl (C=O) groups excluding carboxylic acids is 2. The Hall–Kier alpha value is -4.45. The van der Waals surface area contributed by atoms with Gasteiger partial charge in [0.1, 0.15) is 5.82 Å². The first-order chi connectivity index (χ1) is 19.1. The van der Waals surface area contributed by atoms with Crippen molar-refractivity contribution in [3.8, 4) is 22.3 Å². The molecule has 39 heavy (non-hydrogen) atoms. The molecule has 4 aromatic rings. The van der Waals surface area contributed by atoms with Crippen molar-refractivity contribution in [1.82, 2.24) is 10.3 Å². The third kappa shape index (κ3) is 4.90. The summed E-state index contributed by atoms with van der Waals surface area (Å²) in [5.41, 5.74) is 5.51. The van der Waals surface area contributed by atoms with E-state index >= 15 is 0 Å². The predicted octanol–water partition coefficient (Wildman–Crippen LogP) is 7.29. The van der Waals surface area contributed by atoms with Crippen molar-refractivity contribution < 1.29 is 14.0 Å². The topological polar surface area (TPSA) is 74.0 Å². The maximum atomic E-state index is 14.8. The number of nitrogens with one attached hydrogen (secondary N) is 3. The van der Waals surface area contributed by atoms with Crippen LogP contribution in [0.15, 0.2) is 79.0 Å². The lowest BCUT2D eigenvalue weighted by molar-refractivity contribution is -0.110. The fourth-order valence-electron chi connectivity index (χ4n) is 5.87. The van der Waals surface area contributed by atoms with Crippen LogP contribution in [0.2, 0.25) is 0 Å². The minimum Gasteiger partial charge on any atom is -0.360 e. The Balaban J connectivity index is 1.40. The van der Waals surface area contributed by atoms with Gasteiger partial charge in [-0.25, -0.2) is 4.39 Å². The molecule has 6 rings (SSSR count). The van der Waals surface area contributed by atoms with Crippen molar-refractivity contribution >= 4 is 29.2 Å². The van der Waals surface area contributed by atoms with E-state index in [0.29, 0.717) is 51.7 Å². The van der Waals surface area contributed by atoms with Crippen molar-refractivity contribution in [2.24, 2.45) is 5.92 Å². The predicted molar refractivity (Wildman–Crippen MR) is 153 cm³/mol. The first kappa shape index (κ1) is 24.9. The number of hydrogen-bond acceptors (Lipinski definition) is 2. The summed E-state index contributed by atoms with van der Waals surface area (Å²) in [6, 6.07) is 21.7. The number of H-pyrrole nitrogens is 1. The standard InChI is InChI=1S/C33H30FN3O2/c34-27-15-7-6-13-23(27)24-14-8-16-28-31(24)25(33(39)37-28)19-29-30(22-11-2-1-3-12-22)26(20-36-29)32(38)35-18-17-21-9-4-5-10-21/h1-3,6-8,11-16,19-21,36H,4-5,9-10,17-18H2,(H,35,38)(H,37,39)/b25-19-. The van der Waals surface area contributed by atoms with E-state index in [9.17, 15) is 14.0 Å². The maximum absolute atomic E-state index is 14.8. The highest BCUT2D eigenvalue weighted by Gasteiger charge is 2.29. The van der Waals surface area contributed by atoms with Gasteiger partial charge in [-0.2, -0.15) is 0 Å². The smallest absolute Gasteiger partial charge is 0.256 e. The van der Waals surface area contributed by atoms with Gasteiger partial charge in [-0.05, 0) is 41.7 Å². The molecule has 1 saturated carbocycles. The quantitative estimate of drug-likeness (QED) is 0.224. The Bertz CT molecular complexity index is 1570. The van der Waals surface area contributed by atoms with E-state index in [1.165, 1.54) is 31.7 Å². The molecular weight excluding hydrogens is 489 g/mol. The molecule has 1 aromatic heterocycles. The number of hydrogen-bond donors (Lipinski definition) is 3. The highest BCUT2D eigenvalue weighted by Crippen LogP contribution is 2.42. The summed E-state index contributed by atoms with van der Waals surface area (Å²) < 4.78 is 14.8. The molecule has 1 fully saturated rings. The number of aromatic amines is 1. The minimum atomic E-state index is -0.356. The van der Waals surface area contributed by atoms with Gasteiger partial charge in [0.05, 0.1) is 11.1 Å². The summed E-state index contributed by atoms with van der Waals surface area (Å²) in [5, 5.41) is 6.02. The average molecular weight is 520 g/mol. The molecule has 0 saturated heterocycles. The van der Waals surface area contributed by atoms with Crippen LogP contribution in [-0.2, 0) is 4.79 Å². The third-order valence-corrected chi connectivity index (χ3v) is 7.81. The lowest BCUT2D eigenvalue weighted by Gasteiger charge is -2.11. The molecule has 2 heterocycles. The van der Waals surface area contributed by atoms with Crippen LogP contribution >= 0.6 is 0 Å². The summed E-state index contributed by atoms with van der Waals surface area (Å²) in [5.74, 6) is -0.0814. The Labute approximate surface area is 227 Å². The van der Waals surface area contributed by atoms with Crippen LogP contribution in [0.4, 0.5) is 10.1 Å². The van der Waals surface area contributed by atoms with Gasteiger partial charge in [-0.3, -0.25) is 9.59 Å². The molecule has 196 valence electrons. The van der Waals surface area contributed by atoms with Crippen LogP contribution < -0.4 is 10.6 Å². The fraction of sp³-hybridized carbons (Fsp3) is 0.212. The molecule has 0 atom stereocenters. The van der Waals surface area contributed by atoms with Crippen molar-refractivity contribution in [2.75, 3.05) is 11.9 Å². The molecule has 3 N–H and O–H groups in total. The number of aromatic nitrogens is 1. The van der Waals surface area contributed by atoms with E-state index in [1.807, 2.05) is 48.5 Å². The number of fused-ring (bicyclic) bond motifs is 1. The molecule has 0 bridgehead atoms. The molecule has 1 aliphatic heterocycles.